The summed E-state index contributed by atoms with van der Waals surface area (Å²) in [4.78, 5) is 0.161. The van der Waals surface area contributed by atoms with E-state index in [9.17, 15) is 8.42 Å². The molecule has 0 aliphatic heterocycles. The van der Waals surface area contributed by atoms with Gasteiger partial charge in [0.1, 0.15) is 5.75 Å². The van der Waals surface area contributed by atoms with E-state index in [1.807, 2.05) is 37.3 Å². The first-order chi connectivity index (χ1) is 12.1. The largest absolute Gasteiger partial charge is 0.494 e. The number of aromatic nitrogens is 2. The second kappa shape index (κ2) is 7.40. The molecule has 0 aliphatic carbocycles. The molecule has 0 bridgehead atoms. The monoisotopic (exact) mass is 357 g/mol. The first kappa shape index (κ1) is 17.0. The first-order valence-corrected chi connectivity index (χ1v) is 9.38. The summed E-state index contributed by atoms with van der Waals surface area (Å²) in [5.74, 6) is 0.915. The number of nitrogens with zero attached hydrogens (tertiary/aromatic N) is 2. The molecule has 7 heteroatoms. The number of ether oxygens (including phenoxy) is 1. The fraction of sp³-hybridized carbons (Fsp3) is 0.167. The molecule has 0 saturated carbocycles. The van der Waals surface area contributed by atoms with Crippen molar-refractivity contribution in [1.82, 2.24) is 9.78 Å². The van der Waals surface area contributed by atoms with Gasteiger partial charge in [-0.15, -0.1) is 0 Å². The molecule has 0 radical (unpaired) electrons. The van der Waals surface area contributed by atoms with Crippen LogP contribution in [0.4, 0.5) is 5.82 Å². The minimum Gasteiger partial charge on any atom is -0.494 e. The molecule has 0 atom stereocenters. The molecule has 0 saturated heterocycles. The summed E-state index contributed by atoms with van der Waals surface area (Å²) < 4.78 is 34.4. The highest BCUT2D eigenvalue weighted by Crippen LogP contribution is 2.18. The molecule has 3 rings (SSSR count). The van der Waals surface area contributed by atoms with Gasteiger partial charge in [-0.05, 0) is 36.8 Å². The molecular formula is C18H19N3O3S. The molecule has 1 aromatic heterocycles. The average Bonchev–Trinajstić information content (AvgIpc) is 3.03. The van der Waals surface area contributed by atoms with E-state index in [0.717, 1.165) is 5.56 Å². The van der Waals surface area contributed by atoms with Crippen molar-refractivity contribution in [3.63, 3.8) is 0 Å². The maximum absolute atomic E-state index is 12.4. The predicted molar refractivity (Wildman–Crippen MR) is 96.2 cm³/mol. The lowest BCUT2D eigenvalue weighted by atomic mass is 10.2. The van der Waals surface area contributed by atoms with Crippen LogP contribution in [-0.2, 0) is 16.6 Å². The second-order valence-corrected chi connectivity index (χ2v) is 7.08. The number of anilines is 1. The van der Waals surface area contributed by atoms with E-state index in [1.165, 1.54) is 12.1 Å². The highest BCUT2D eigenvalue weighted by atomic mass is 32.2. The van der Waals surface area contributed by atoms with E-state index in [2.05, 4.69) is 9.82 Å². The molecule has 130 valence electrons. The summed E-state index contributed by atoms with van der Waals surface area (Å²) in [6, 6.07) is 17.7. The van der Waals surface area contributed by atoms with Crippen molar-refractivity contribution < 1.29 is 13.2 Å². The molecule has 0 unspecified atom stereocenters. The van der Waals surface area contributed by atoms with Crippen LogP contribution in [0, 0.1) is 0 Å². The molecule has 0 spiro atoms. The van der Waals surface area contributed by atoms with Crippen molar-refractivity contribution in [2.75, 3.05) is 11.3 Å². The second-order valence-electron chi connectivity index (χ2n) is 5.39. The Labute approximate surface area is 147 Å². The number of sulfonamides is 1. The van der Waals surface area contributed by atoms with Gasteiger partial charge in [-0.25, -0.2) is 8.42 Å². The summed E-state index contributed by atoms with van der Waals surface area (Å²) in [5.41, 5.74) is 1.09. The fourth-order valence-corrected chi connectivity index (χ4v) is 3.35. The Balaban J connectivity index is 1.70. The summed E-state index contributed by atoms with van der Waals surface area (Å²) >= 11 is 0. The van der Waals surface area contributed by atoms with Gasteiger partial charge in [-0.3, -0.25) is 9.40 Å². The Morgan fingerprint density at radius 1 is 1.04 bits per heavy atom. The number of nitrogens with one attached hydrogen (secondary N) is 1. The van der Waals surface area contributed by atoms with Gasteiger partial charge in [0.2, 0.25) is 0 Å². The van der Waals surface area contributed by atoms with E-state index in [-0.39, 0.29) is 10.7 Å². The van der Waals surface area contributed by atoms with Crippen molar-refractivity contribution >= 4 is 15.8 Å². The summed E-state index contributed by atoms with van der Waals surface area (Å²) in [5, 5.41) is 4.26. The van der Waals surface area contributed by atoms with Gasteiger partial charge in [-0.1, -0.05) is 30.3 Å². The Kier molecular flexibility index (Phi) is 5.04. The lowest BCUT2D eigenvalue weighted by Gasteiger charge is -2.07. The van der Waals surface area contributed by atoms with Crippen molar-refractivity contribution in [3.05, 3.63) is 72.4 Å². The Morgan fingerprint density at radius 2 is 1.76 bits per heavy atom. The summed E-state index contributed by atoms with van der Waals surface area (Å²) in [6.45, 7) is 2.98. The minimum absolute atomic E-state index is 0.161. The SMILES string of the molecule is CCOc1ccc(S(=O)(=O)Nc2ccn(Cc3ccccc3)n2)cc1. The molecule has 1 N–H and O–H groups in total. The molecule has 3 aromatic rings. The normalized spacial score (nSPS) is 11.2. The quantitative estimate of drug-likeness (QED) is 0.705. The van der Waals surface area contributed by atoms with E-state index in [4.69, 9.17) is 4.74 Å². The highest BCUT2D eigenvalue weighted by Gasteiger charge is 2.15. The average molecular weight is 357 g/mol. The van der Waals surface area contributed by atoms with Crippen LogP contribution in [0.2, 0.25) is 0 Å². The van der Waals surface area contributed by atoms with Gasteiger partial charge < -0.3 is 4.74 Å². The third-order valence-corrected chi connectivity index (χ3v) is 4.88. The standard InChI is InChI=1S/C18H19N3O3S/c1-2-24-16-8-10-17(11-9-16)25(22,23)20-18-12-13-21(19-18)14-15-6-4-3-5-7-15/h3-13H,2,14H2,1H3,(H,19,20). The first-order valence-electron chi connectivity index (χ1n) is 7.90. The lowest BCUT2D eigenvalue weighted by molar-refractivity contribution is 0.340. The minimum atomic E-state index is -3.69. The maximum atomic E-state index is 12.4. The van der Waals surface area contributed by atoms with Crippen molar-refractivity contribution in [2.24, 2.45) is 0 Å². The Hall–Kier alpha value is -2.80. The van der Waals surface area contributed by atoms with Gasteiger partial charge in [0.05, 0.1) is 18.0 Å². The van der Waals surface area contributed by atoms with Crippen LogP contribution in [0.5, 0.6) is 5.75 Å². The lowest BCUT2D eigenvalue weighted by Crippen LogP contribution is -2.13. The fourth-order valence-electron chi connectivity index (χ4n) is 2.35. The van der Waals surface area contributed by atoms with Crippen LogP contribution in [0.1, 0.15) is 12.5 Å². The molecule has 0 aliphatic rings. The number of rotatable bonds is 7. The van der Waals surface area contributed by atoms with Crippen LogP contribution >= 0.6 is 0 Å². The molecular weight excluding hydrogens is 338 g/mol. The topological polar surface area (TPSA) is 73.2 Å². The van der Waals surface area contributed by atoms with Crippen molar-refractivity contribution in [2.45, 2.75) is 18.4 Å². The van der Waals surface area contributed by atoms with Crippen molar-refractivity contribution in [1.29, 1.82) is 0 Å². The van der Waals surface area contributed by atoms with Crippen LogP contribution in [0.3, 0.4) is 0 Å². The number of hydrogen-bond acceptors (Lipinski definition) is 4. The molecule has 6 nitrogen and oxygen atoms in total. The van der Waals surface area contributed by atoms with E-state index in [0.29, 0.717) is 18.9 Å². The van der Waals surface area contributed by atoms with Crippen LogP contribution in [-0.4, -0.2) is 24.8 Å². The molecule has 2 aromatic carbocycles. The van der Waals surface area contributed by atoms with Crippen molar-refractivity contribution in [3.8, 4) is 5.75 Å². The zero-order chi connectivity index (χ0) is 17.7. The van der Waals surface area contributed by atoms with E-state index in [1.54, 1.807) is 29.1 Å². The van der Waals surface area contributed by atoms with Crippen LogP contribution < -0.4 is 9.46 Å². The third kappa shape index (κ3) is 4.39. The molecule has 25 heavy (non-hydrogen) atoms. The van der Waals surface area contributed by atoms with Crippen LogP contribution in [0.15, 0.2) is 71.8 Å². The predicted octanol–water partition coefficient (Wildman–Crippen LogP) is 3.13. The molecule has 0 fully saturated rings. The summed E-state index contributed by atoms with van der Waals surface area (Å²) in [6.07, 6.45) is 1.74. The van der Waals surface area contributed by atoms with Gasteiger partial charge in [0, 0.05) is 12.3 Å². The Morgan fingerprint density at radius 3 is 2.44 bits per heavy atom. The molecule has 1 heterocycles. The third-order valence-electron chi connectivity index (χ3n) is 3.51. The van der Waals surface area contributed by atoms with E-state index < -0.39 is 10.0 Å². The zero-order valence-corrected chi connectivity index (χ0v) is 14.6. The van der Waals surface area contributed by atoms with Gasteiger partial charge in [0.15, 0.2) is 5.82 Å². The summed E-state index contributed by atoms with van der Waals surface area (Å²) in [7, 11) is -3.69. The molecule has 0 amide bonds. The maximum Gasteiger partial charge on any atom is 0.263 e. The van der Waals surface area contributed by atoms with E-state index >= 15 is 0 Å². The number of hydrogen-bond donors (Lipinski definition) is 1. The van der Waals surface area contributed by atoms with Gasteiger partial charge >= 0.3 is 0 Å². The Bertz CT molecular complexity index is 920. The van der Waals surface area contributed by atoms with Gasteiger partial charge in [0.25, 0.3) is 10.0 Å². The highest BCUT2D eigenvalue weighted by molar-refractivity contribution is 7.92. The number of benzene rings is 2. The smallest absolute Gasteiger partial charge is 0.263 e. The van der Waals surface area contributed by atoms with Crippen LogP contribution in [0.25, 0.3) is 0 Å². The van der Waals surface area contributed by atoms with Gasteiger partial charge in [-0.2, -0.15) is 5.10 Å². The zero-order valence-electron chi connectivity index (χ0n) is 13.8.